The average Bonchev–Trinajstić information content (AvgIpc) is 1.65. The largest absolute Gasteiger partial charge is 0.663 e. The summed E-state index contributed by atoms with van der Waals surface area (Å²) in [5.74, 6) is -1.29. The van der Waals surface area contributed by atoms with Crippen LogP contribution in [-0.4, -0.2) is 28.8 Å². The number of carboxylic acid groups (broad SMARTS) is 1. The van der Waals surface area contributed by atoms with Crippen LogP contribution in [-0.2, 0) is 37.5 Å². The molecule has 0 aromatic heterocycles. The van der Waals surface area contributed by atoms with Crippen LogP contribution >= 0.6 is 0 Å². The van der Waals surface area contributed by atoms with Crippen molar-refractivity contribution in [1.29, 1.82) is 0 Å². The maximum absolute atomic E-state index is 9.58. The normalized spacial score (nSPS) is 11.8. The topological polar surface area (TPSA) is 81.3 Å². The van der Waals surface area contributed by atoms with E-state index in [1.165, 1.54) is 0 Å². The molecule has 0 aliphatic heterocycles. The van der Waals surface area contributed by atoms with Gasteiger partial charge in [-0.15, -0.1) is 0 Å². The third kappa shape index (κ3) is 4.65. The Bertz CT molecular complexity index is 76.9. The van der Waals surface area contributed by atoms with E-state index < -0.39 is 18.6 Å². The van der Waals surface area contributed by atoms with E-state index in [0.29, 0.717) is 0 Å². The van der Waals surface area contributed by atoms with Gasteiger partial charge in [0, 0.05) is 39.3 Å². The van der Waals surface area contributed by atoms with Gasteiger partial charge in [-0.2, -0.15) is 0 Å². The van der Waals surface area contributed by atoms with Crippen LogP contribution in [0.15, 0.2) is 0 Å². The summed E-state index contributed by atoms with van der Waals surface area (Å²) in [6.45, 7) is -0.616. The minimum absolute atomic E-state index is 0. The van der Waals surface area contributed by atoms with Crippen molar-refractivity contribution >= 4 is 5.97 Å². The van der Waals surface area contributed by atoms with Gasteiger partial charge >= 0.3 is 0 Å². The van der Waals surface area contributed by atoms with Gasteiger partial charge in [-0.1, -0.05) is 0 Å². The number of aliphatic hydroxyl groups excluding tert-OH is 1. The Morgan fingerprint density at radius 3 is 2.12 bits per heavy atom. The number of aliphatic hydroxyl groups is 1. The molecule has 3 N–H and O–H groups in total. The molecule has 1 radical (unpaired) electrons. The summed E-state index contributed by atoms with van der Waals surface area (Å²) in [6.07, 6.45) is 0. The first-order valence-corrected chi connectivity index (χ1v) is 1.73. The first-order chi connectivity index (χ1) is 3.18. The van der Waals surface area contributed by atoms with Gasteiger partial charge in [-0.3, -0.25) is 4.79 Å². The Morgan fingerprint density at radius 2 is 2.12 bits per heavy atom. The third-order valence-electron chi connectivity index (χ3n) is 0.481. The van der Waals surface area contributed by atoms with E-state index in [1.807, 2.05) is 0 Å². The van der Waals surface area contributed by atoms with Crippen LogP contribution < -0.4 is 0 Å². The number of hydrogen-bond donors (Lipinski definition) is 2. The van der Waals surface area contributed by atoms with Crippen LogP contribution in [0.25, 0.3) is 5.73 Å². The third-order valence-corrected chi connectivity index (χ3v) is 0.481. The number of rotatable bonds is 2. The zero-order valence-electron chi connectivity index (χ0n) is 4.16. The molecule has 8 heavy (non-hydrogen) atoms. The van der Waals surface area contributed by atoms with E-state index in [1.54, 1.807) is 0 Å². The zero-order valence-corrected chi connectivity index (χ0v) is 7.00. The second-order valence-electron chi connectivity index (χ2n) is 1.07. The van der Waals surface area contributed by atoms with Gasteiger partial charge in [0.1, 0.15) is 0 Å². The van der Waals surface area contributed by atoms with Crippen LogP contribution in [0, 0.1) is 0 Å². The van der Waals surface area contributed by atoms with E-state index in [9.17, 15) is 4.79 Å². The van der Waals surface area contributed by atoms with Crippen LogP contribution in [0.2, 0.25) is 0 Å². The number of carbonyl (C=O) groups is 1. The minimum atomic E-state index is -1.38. The minimum Gasteiger partial charge on any atom is -0.663 e. The van der Waals surface area contributed by atoms with Gasteiger partial charge in [0.2, 0.25) is 0 Å². The number of nitrogens with one attached hydrogen (secondary N) is 1. The Labute approximate surface area is 71.9 Å². The molecule has 0 rings (SSSR count). The van der Waals surface area contributed by atoms with Crippen molar-refractivity contribution in [2.45, 2.75) is 6.04 Å². The quantitative estimate of drug-likeness (QED) is 0.619. The number of hydrogen-bond acceptors (Lipinski definition) is 2. The fourth-order valence-electron chi connectivity index (χ4n) is 0.0781. The van der Waals surface area contributed by atoms with Crippen LogP contribution in [0.1, 0.15) is 0 Å². The van der Waals surface area contributed by atoms with E-state index in [-0.39, 0.29) is 32.7 Å². The fraction of sp³-hybridized carbons (Fsp3) is 0.667. The van der Waals surface area contributed by atoms with Gasteiger partial charge in [0.25, 0.3) is 5.97 Å². The van der Waals surface area contributed by atoms with Crippen LogP contribution in [0.5, 0.6) is 0 Å². The average molecular weight is 193 g/mol. The molecular formula is C3H6NO3Y-. The second-order valence-corrected chi connectivity index (χ2v) is 1.07. The predicted molar refractivity (Wildman–Crippen MR) is 22.8 cm³/mol. The van der Waals surface area contributed by atoms with Crippen molar-refractivity contribution in [2.24, 2.45) is 0 Å². The number of aliphatic carboxylic acids is 1. The molecule has 5 heteroatoms. The van der Waals surface area contributed by atoms with E-state index in [0.717, 1.165) is 0 Å². The molecule has 0 saturated heterocycles. The molecule has 0 aliphatic carbocycles. The van der Waals surface area contributed by atoms with Gasteiger partial charge in [0.15, 0.2) is 0 Å². The maximum atomic E-state index is 9.58. The summed E-state index contributed by atoms with van der Waals surface area (Å²) in [4.78, 5) is 9.58. The van der Waals surface area contributed by atoms with Crippen molar-refractivity contribution < 1.29 is 47.7 Å². The molecular weight excluding hydrogens is 187 g/mol. The summed E-state index contributed by atoms with van der Waals surface area (Å²) < 4.78 is 0. The zero-order chi connectivity index (χ0) is 5.86. The molecule has 0 saturated carbocycles. The predicted octanol–water partition coefficient (Wildman–Crippen LogP) is -0.518. The van der Waals surface area contributed by atoms with Crippen molar-refractivity contribution in [3.63, 3.8) is 0 Å². The van der Waals surface area contributed by atoms with Gasteiger partial charge < -0.3 is 15.9 Å². The van der Waals surface area contributed by atoms with Crippen LogP contribution in [0.3, 0.4) is 0 Å². The molecule has 0 aliphatic rings. The monoisotopic (exact) mass is 193 g/mol. The van der Waals surface area contributed by atoms with Gasteiger partial charge in [0.05, 0.1) is 0 Å². The molecule has 0 aromatic rings. The molecule has 0 aromatic carbocycles. The molecule has 0 spiro atoms. The molecule has 0 amide bonds. The molecule has 4 nitrogen and oxygen atoms in total. The van der Waals surface area contributed by atoms with Crippen molar-refractivity contribution in [3.05, 3.63) is 5.73 Å². The first-order valence-electron chi connectivity index (χ1n) is 1.73. The van der Waals surface area contributed by atoms with Crippen molar-refractivity contribution in [3.8, 4) is 0 Å². The summed E-state index contributed by atoms with van der Waals surface area (Å²) in [5.41, 5.74) is 6.43. The molecule has 0 bridgehead atoms. The molecule has 0 fully saturated rings. The molecule has 1 atom stereocenters. The van der Waals surface area contributed by atoms with E-state index in [2.05, 4.69) is 0 Å². The maximum Gasteiger partial charge on any atom is 0.287 e. The smallest absolute Gasteiger partial charge is 0.287 e. The second kappa shape index (κ2) is 5.63. The summed E-state index contributed by atoms with van der Waals surface area (Å²) in [7, 11) is 0. The Hall–Kier alpha value is 0.494. The summed E-state index contributed by atoms with van der Waals surface area (Å²) in [6, 6.07) is -1.38. The Morgan fingerprint density at radius 1 is 1.75 bits per heavy atom. The molecule has 0 unspecified atom stereocenters. The van der Waals surface area contributed by atoms with Crippen molar-refractivity contribution in [2.75, 3.05) is 6.61 Å². The van der Waals surface area contributed by atoms with E-state index in [4.69, 9.17) is 15.9 Å². The Balaban J connectivity index is 0. The summed E-state index contributed by atoms with van der Waals surface area (Å²) >= 11 is 0. The van der Waals surface area contributed by atoms with Gasteiger partial charge in [-0.05, 0) is 6.04 Å². The molecule has 0 heterocycles. The first kappa shape index (κ1) is 11.3. The SMILES string of the molecule is [NH-][C@@H](CO)C(=O)O.[Y]. The van der Waals surface area contributed by atoms with Crippen LogP contribution in [0.4, 0.5) is 0 Å². The van der Waals surface area contributed by atoms with Gasteiger partial charge in [-0.25, -0.2) is 0 Å². The van der Waals surface area contributed by atoms with Crippen molar-refractivity contribution in [1.82, 2.24) is 0 Å². The standard InChI is InChI=1S/C3H6NO3.Y/c4-2(1-5)3(6)7;/h2,4-5H,1H2,(H,6,7);/q-1;/t2-;/m0./s1. The van der Waals surface area contributed by atoms with E-state index >= 15 is 0 Å². The Kier molecular flexibility index (Phi) is 7.96. The molecule has 45 valence electrons. The fourth-order valence-corrected chi connectivity index (χ4v) is 0.0781. The number of carboxylic acids is 1. The summed E-state index contributed by atoms with van der Waals surface area (Å²) in [5, 5.41) is 15.8.